The molecule has 0 unspecified atom stereocenters. The summed E-state index contributed by atoms with van der Waals surface area (Å²) in [7, 11) is 1.73. The van der Waals surface area contributed by atoms with Gasteiger partial charge in [0.2, 0.25) is 0 Å². The molecule has 0 fully saturated rings. The number of nitrogens with zero attached hydrogens (tertiary/aromatic N) is 4. The molecule has 0 spiro atoms. The third-order valence-electron chi connectivity index (χ3n) is 2.21. The molecular weight excluding hydrogens is 204 g/mol. The molecule has 82 valence electrons. The Morgan fingerprint density at radius 1 is 1.38 bits per heavy atom. The SMILES string of the molecule is CN(Cc1ccccc1)C(=O)n1ccnn1. The molecule has 2 rings (SSSR count). The third-order valence-corrected chi connectivity index (χ3v) is 2.21. The summed E-state index contributed by atoms with van der Waals surface area (Å²) in [5, 5.41) is 7.25. The van der Waals surface area contributed by atoms with Crippen molar-refractivity contribution in [2.45, 2.75) is 6.54 Å². The number of aromatic nitrogens is 3. The zero-order valence-corrected chi connectivity index (χ0v) is 8.95. The van der Waals surface area contributed by atoms with Crippen LogP contribution in [0.2, 0.25) is 0 Å². The maximum absolute atomic E-state index is 11.8. The monoisotopic (exact) mass is 216 g/mol. The average Bonchev–Trinajstić information content (AvgIpc) is 2.83. The molecule has 5 heteroatoms. The van der Waals surface area contributed by atoms with Crippen LogP contribution in [0.25, 0.3) is 0 Å². The normalized spacial score (nSPS) is 10.1. The lowest BCUT2D eigenvalue weighted by Gasteiger charge is -2.16. The largest absolute Gasteiger partial charge is 0.346 e. The van der Waals surface area contributed by atoms with Crippen LogP contribution in [0.4, 0.5) is 4.79 Å². The highest BCUT2D eigenvalue weighted by molar-refractivity contribution is 5.75. The van der Waals surface area contributed by atoms with Gasteiger partial charge in [-0.25, -0.2) is 4.79 Å². The van der Waals surface area contributed by atoms with Gasteiger partial charge in [-0.2, -0.15) is 4.68 Å². The van der Waals surface area contributed by atoms with Gasteiger partial charge in [0, 0.05) is 13.6 Å². The van der Waals surface area contributed by atoms with E-state index in [0.29, 0.717) is 6.54 Å². The highest BCUT2D eigenvalue weighted by atomic mass is 16.2. The molecule has 0 N–H and O–H groups in total. The highest BCUT2D eigenvalue weighted by Gasteiger charge is 2.11. The molecule has 0 aliphatic heterocycles. The van der Waals surface area contributed by atoms with Crippen molar-refractivity contribution in [2.24, 2.45) is 0 Å². The molecule has 0 aliphatic carbocycles. The second-order valence-corrected chi connectivity index (χ2v) is 3.47. The van der Waals surface area contributed by atoms with Gasteiger partial charge in [0.05, 0.1) is 12.4 Å². The number of carbonyl (C=O) groups is 1. The van der Waals surface area contributed by atoms with Crippen LogP contribution in [0.5, 0.6) is 0 Å². The van der Waals surface area contributed by atoms with E-state index < -0.39 is 0 Å². The van der Waals surface area contributed by atoms with Crippen LogP contribution < -0.4 is 0 Å². The van der Waals surface area contributed by atoms with Crippen molar-refractivity contribution in [3.05, 3.63) is 48.3 Å². The molecule has 5 nitrogen and oxygen atoms in total. The second kappa shape index (κ2) is 4.57. The van der Waals surface area contributed by atoms with Crippen molar-refractivity contribution in [3.8, 4) is 0 Å². The van der Waals surface area contributed by atoms with Crippen LogP contribution in [0.1, 0.15) is 5.56 Å². The third kappa shape index (κ3) is 2.25. The average molecular weight is 216 g/mol. The van der Waals surface area contributed by atoms with Gasteiger partial charge in [-0.1, -0.05) is 35.5 Å². The van der Waals surface area contributed by atoms with Crippen molar-refractivity contribution in [1.29, 1.82) is 0 Å². The van der Waals surface area contributed by atoms with E-state index in [4.69, 9.17) is 0 Å². The molecular formula is C11H12N4O. The predicted octanol–water partition coefficient (Wildman–Crippen LogP) is 1.38. The van der Waals surface area contributed by atoms with E-state index in [-0.39, 0.29) is 6.03 Å². The van der Waals surface area contributed by atoms with Gasteiger partial charge in [-0.3, -0.25) is 0 Å². The van der Waals surface area contributed by atoms with Gasteiger partial charge in [0.15, 0.2) is 0 Å². The maximum atomic E-state index is 11.8. The molecule has 0 atom stereocenters. The van der Waals surface area contributed by atoms with Crippen LogP contribution in [0, 0.1) is 0 Å². The van der Waals surface area contributed by atoms with Crippen molar-refractivity contribution >= 4 is 6.03 Å². The molecule has 1 aromatic carbocycles. The van der Waals surface area contributed by atoms with Crippen LogP contribution >= 0.6 is 0 Å². The standard InChI is InChI=1S/C11H12N4O/c1-14(9-10-5-3-2-4-6-10)11(16)15-8-7-12-13-15/h2-8H,9H2,1H3. The summed E-state index contributed by atoms with van der Waals surface area (Å²) in [6, 6.07) is 9.60. The Hall–Kier alpha value is -2.17. The van der Waals surface area contributed by atoms with Crippen molar-refractivity contribution < 1.29 is 4.79 Å². The molecule has 0 saturated heterocycles. The van der Waals surface area contributed by atoms with Gasteiger partial charge >= 0.3 is 6.03 Å². The fourth-order valence-electron chi connectivity index (χ4n) is 1.41. The lowest BCUT2D eigenvalue weighted by molar-refractivity contribution is 0.204. The summed E-state index contributed by atoms with van der Waals surface area (Å²) in [6.07, 6.45) is 3.01. The van der Waals surface area contributed by atoms with Gasteiger partial charge in [0.25, 0.3) is 0 Å². The second-order valence-electron chi connectivity index (χ2n) is 3.47. The Morgan fingerprint density at radius 2 is 2.12 bits per heavy atom. The Balaban J connectivity index is 2.04. The maximum Gasteiger partial charge on any atom is 0.346 e. The van der Waals surface area contributed by atoms with E-state index in [1.807, 2.05) is 30.3 Å². The number of hydrogen-bond donors (Lipinski definition) is 0. The Kier molecular flexibility index (Phi) is 2.95. The smallest absolute Gasteiger partial charge is 0.322 e. The first kappa shape index (κ1) is 10.4. The number of rotatable bonds is 2. The molecule has 0 saturated carbocycles. The van der Waals surface area contributed by atoms with E-state index >= 15 is 0 Å². The summed E-state index contributed by atoms with van der Waals surface area (Å²) in [6.45, 7) is 0.555. The first-order valence-corrected chi connectivity index (χ1v) is 4.93. The molecule has 1 aromatic heterocycles. The predicted molar refractivity (Wildman–Crippen MR) is 58.7 cm³/mol. The van der Waals surface area contributed by atoms with Crippen molar-refractivity contribution in [2.75, 3.05) is 7.05 Å². The Labute approximate surface area is 93.3 Å². The van der Waals surface area contributed by atoms with Crippen molar-refractivity contribution in [3.63, 3.8) is 0 Å². The van der Waals surface area contributed by atoms with Crippen LogP contribution in [0.15, 0.2) is 42.7 Å². The van der Waals surface area contributed by atoms with Crippen LogP contribution in [0.3, 0.4) is 0 Å². The molecule has 2 aromatic rings. The number of benzene rings is 1. The minimum Gasteiger partial charge on any atom is -0.322 e. The van der Waals surface area contributed by atoms with E-state index in [9.17, 15) is 4.79 Å². The van der Waals surface area contributed by atoms with E-state index in [0.717, 1.165) is 5.56 Å². The van der Waals surface area contributed by atoms with Crippen molar-refractivity contribution in [1.82, 2.24) is 19.9 Å². The van der Waals surface area contributed by atoms with E-state index in [1.165, 1.54) is 17.1 Å². The molecule has 16 heavy (non-hydrogen) atoms. The van der Waals surface area contributed by atoms with Gasteiger partial charge in [-0.05, 0) is 5.56 Å². The zero-order chi connectivity index (χ0) is 11.4. The van der Waals surface area contributed by atoms with E-state index in [2.05, 4.69) is 10.3 Å². The van der Waals surface area contributed by atoms with Crippen LogP contribution in [-0.4, -0.2) is 33.0 Å². The molecule has 0 bridgehead atoms. The highest BCUT2D eigenvalue weighted by Crippen LogP contribution is 2.03. The Morgan fingerprint density at radius 3 is 2.75 bits per heavy atom. The summed E-state index contributed by atoms with van der Waals surface area (Å²) in [5.74, 6) is 0. The number of hydrogen-bond acceptors (Lipinski definition) is 3. The zero-order valence-electron chi connectivity index (χ0n) is 8.95. The first-order valence-electron chi connectivity index (χ1n) is 4.93. The summed E-state index contributed by atoms with van der Waals surface area (Å²) >= 11 is 0. The molecule has 1 amide bonds. The lowest BCUT2D eigenvalue weighted by atomic mass is 10.2. The fourth-order valence-corrected chi connectivity index (χ4v) is 1.41. The Bertz CT molecular complexity index is 452. The first-order chi connectivity index (χ1) is 7.77. The lowest BCUT2D eigenvalue weighted by Crippen LogP contribution is -2.31. The molecule has 1 heterocycles. The minimum absolute atomic E-state index is 0.193. The minimum atomic E-state index is -0.193. The fraction of sp³-hybridized carbons (Fsp3) is 0.182. The van der Waals surface area contributed by atoms with Gasteiger partial charge < -0.3 is 4.90 Å². The summed E-state index contributed by atoms with van der Waals surface area (Å²) < 4.78 is 1.21. The van der Waals surface area contributed by atoms with E-state index in [1.54, 1.807) is 11.9 Å². The number of carbonyl (C=O) groups excluding carboxylic acids is 1. The quantitative estimate of drug-likeness (QED) is 0.762. The topological polar surface area (TPSA) is 51.0 Å². The van der Waals surface area contributed by atoms with Gasteiger partial charge in [0.1, 0.15) is 0 Å². The number of amides is 1. The summed E-state index contributed by atoms with van der Waals surface area (Å²) in [4.78, 5) is 13.4. The van der Waals surface area contributed by atoms with Crippen LogP contribution in [-0.2, 0) is 6.54 Å². The molecule has 0 aliphatic rings. The van der Waals surface area contributed by atoms with Gasteiger partial charge in [-0.15, -0.1) is 5.10 Å². The molecule has 0 radical (unpaired) electrons. The summed E-state index contributed by atoms with van der Waals surface area (Å²) in [5.41, 5.74) is 1.08.